The number of carbonyl (C=O) groups excluding carboxylic acids is 4. The number of anilines is 1. The summed E-state index contributed by atoms with van der Waals surface area (Å²) in [5, 5.41) is 11.2. The van der Waals surface area contributed by atoms with E-state index in [1.54, 1.807) is 36.4 Å². The molecule has 5 N–H and O–H groups in total. The van der Waals surface area contributed by atoms with Gasteiger partial charge in [0.25, 0.3) is 17.7 Å². The molecular weight excluding hydrogens is 511 g/mol. The Hall–Kier alpha value is -3.81. The fourth-order valence-electron chi connectivity index (χ4n) is 3.16. The van der Waals surface area contributed by atoms with Crippen LogP contribution in [-0.2, 0) is 23.4 Å². The van der Waals surface area contributed by atoms with Crippen LogP contribution in [0.3, 0.4) is 0 Å². The number of hydroxylamine groups is 1. The van der Waals surface area contributed by atoms with Crippen molar-refractivity contribution in [3.8, 4) is 11.1 Å². The largest absolute Gasteiger partial charge is 0.469 e. The molecule has 0 saturated carbocycles. The molecule has 15 heteroatoms. The van der Waals surface area contributed by atoms with Crippen molar-refractivity contribution in [2.45, 2.75) is 6.04 Å². The maximum atomic E-state index is 12.8. The van der Waals surface area contributed by atoms with Gasteiger partial charge in [-0.05, 0) is 35.4 Å². The highest BCUT2D eigenvalue weighted by Crippen LogP contribution is 2.35. The van der Waals surface area contributed by atoms with Gasteiger partial charge in [-0.1, -0.05) is 24.3 Å². The normalized spacial score (nSPS) is 11.7. The van der Waals surface area contributed by atoms with Gasteiger partial charge in [-0.25, -0.2) is 14.8 Å². The number of rotatable bonds is 10. The molecule has 0 heterocycles. The summed E-state index contributed by atoms with van der Waals surface area (Å²) in [6.45, 7) is -0.806. The minimum Gasteiger partial charge on any atom is -0.447 e. The van der Waals surface area contributed by atoms with Crippen molar-refractivity contribution in [3.05, 3.63) is 54.1 Å². The van der Waals surface area contributed by atoms with Crippen molar-refractivity contribution < 1.29 is 48.0 Å². The smallest absolute Gasteiger partial charge is 0.447 e. The van der Waals surface area contributed by atoms with Crippen LogP contribution >= 0.6 is 7.82 Å². The van der Waals surface area contributed by atoms with Crippen molar-refractivity contribution in [2.24, 2.45) is 0 Å². The molecule has 200 valence electrons. The average molecular weight is 538 g/mol. The summed E-state index contributed by atoms with van der Waals surface area (Å²) in [6, 6.07) is 11.5. The van der Waals surface area contributed by atoms with Crippen LogP contribution in [0.25, 0.3) is 11.1 Å². The summed E-state index contributed by atoms with van der Waals surface area (Å²) >= 11 is 0. The number of nitrogens with zero attached hydrogens (tertiary/aromatic N) is 2. The Kier molecular flexibility index (Phi) is 10.3. The minimum absolute atomic E-state index is 0.202. The van der Waals surface area contributed by atoms with Crippen LogP contribution in [0.4, 0.5) is 10.5 Å². The summed E-state index contributed by atoms with van der Waals surface area (Å²) in [6.07, 6.45) is -0.751. The fourth-order valence-corrected chi connectivity index (χ4v) is 3.47. The zero-order chi connectivity index (χ0) is 27.8. The van der Waals surface area contributed by atoms with E-state index in [2.05, 4.69) is 9.84 Å². The lowest BCUT2D eigenvalue weighted by Gasteiger charge is -2.25. The monoisotopic (exact) mass is 538 g/mol. The van der Waals surface area contributed by atoms with Gasteiger partial charge in [-0.15, -0.1) is 0 Å². The lowest BCUT2D eigenvalue weighted by Crippen LogP contribution is -2.54. The van der Waals surface area contributed by atoms with Gasteiger partial charge in [0.1, 0.15) is 6.61 Å². The van der Waals surface area contributed by atoms with Crippen LogP contribution in [0.2, 0.25) is 0 Å². The molecule has 0 saturated heterocycles. The molecule has 14 nitrogen and oxygen atoms in total. The van der Waals surface area contributed by atoms with Gasteiger partial charge in [0.2, 0.25) is 0 Å². The molecule has 0 aliphatic carbocycles. The lowest BCUT2D eigenvalue weighted by molar-refractivity contribution is -0.140. The quantitative estimate of drug-likeness (QED) is 0.0946. The van der Waals surface area contributed by atoms with Gasteiger partial charge in [0.05, 0.1) is 6.61 Å². The van der Waals surface area contributed by atoms with Crippen LogP contribution in [0, 0.1) is 0 Å². The first-order chi connectivity index (χ1) is 17.4. The third-order valence-electron chi connectivity index (χ3n) is 5.12. The molecule has 1 unspecified atom stereocenters. The summed E-state index contributed by atoms with van der Waals surface area (Å²) in [5.74, 6) is -2.46. The highest BCUT2D eigenvalue weighted by molar-refractivity contribution is 7.46. The highest BCUT2D eigenvalue weighted by Gasteiger charge is 2.33. The second-order valence-corrected chi connectivity index (χ2v) is 8.77. The average Bonchev–Trinajstić information content (AvgIpc) is 2.89. The molecule has 0 aromatic heterocycles. The number of phosphoric ester groups is 1. The molecule has 2 aromatic rings. The van der Waals surface area contributed by atoms with Crippen molar-refractivity contribution in [2.75, 3.05) is 39.3 Å². The molecule has 0 radical (unpaired) electrons. The Balaban J connectivity index is 2.06. The van der Waals surface area contributed by atoms with Crippen LogP contribution in [0.1, 0.15) is 10.4 Å². The molecule has 1 atom stereocenters. The third kappa shape index (κ3) is 8.10. The Labute approximate surface area is 212 Å². The standard InChI is InChI=1S/C22H27N4O10P/c1-23-19(27)18(20(28)24-31)26(3)21(29)16-6-4-14(5-7-16)15-8-10-17(11-9-15)25(2)22(30)35-12-13-36-37(32,33)34/h4-11,18,31H,12-13H2,1-3H3,(H,23,27)(H,24,28)(H2,32,33,34). The summed E-state index contributed by atoms with van der Waals surface area (Å²) in [4.78, 5) is 68.1. The Morgan fingerprint density at radius 3 is 1.95 bits per heavy atom. The first-order valence-corrected chi connectivity index (χ1v) is 12.2. The molecular formula is C22H27N4O10P. The van der Waals surface area contributed by atoms with E-state index in [0.29, 0.717) is 5.69 Å². The molecule has 0 fully saturated rings. The van der Waals surface area contributed by atoms with E-state index < -0.39 is 44.3 Å². The topological polar surface area (TPSA) is 195 Å². The second-order valence-electron chi connectivity index (χ2n) is 7.53. The van der Waals surface area contributed by atoms with E-state index in [9.17, 15) is 23.7 Å². The summed E-state index contributed by atoms with van der Waals surface area (Å²) in [5.41, 5.74) is 3.56. The maximum absolute atomic E-state index is 12.8. The van der Waals surface area contributed by atoms with Crippen molar-refractivity contribution >= 4 is 37.3 Å². The van der Waals surface area contributed by atoms with E-state index in [1.807, 2.05) is 0 Å². The molecule has 0 bridgehead atoms. The van der Waals surface area contributed by atoms with Crippen molar-refractivity contribution in [1.82, 2.24) is 15.7 Å². The number of hydrogen-bond donors (Lipinski definition) is 5. The number of amides is 4. The zero-order valence-corrected chi connectivity index (χ0v) is 21.0. The number of phosphoric acid groups is 1. The zero-order valence-electron chi connectivity index (χ0n) is 20.2. The van der Waals surface area contributed by atoms with E-state index >= 15 is 0 Å². The van der Waals surface area contributed by atoms with Gasteiger partial charge in [-0.3, -0.25) is 29.0 Å². The Morgan fingerprint density at radius 2 is 1.46 bits per heavy atom. The number of likely N-dealkylation sites (N-methyl/N-ethyl adjacent to an activating group) is 2. The highest BCUT2D eigenvalue weighted by atomic mass is 31.2. The molecule has 4 amide bonds. The molecule has 37 heavy (non-hydrogen) atoms. The Bertz CT molecular complexity index is 1150. The SMILES string of the molecule is CNC(=O)C(C(=O)NO)N(C)C(=O)c1ccc(-c2ccc(N(C)C(=O)OCCOP(=O)(O)O)cc2)cc1. The summed E-state index contributed by atoms with van der Waals surface area (Å²) in [7, 11) is -0.623. The number of nitrogens with one attached hydrogen (secondary N) is 2. The number of hydrogen-bond acceptors (Lipinski definition) is 8. The van der Waals surface area contributed by atoms with E-state index in [4.69, 9.17) is 19.7 Å². The lowest BCUT2D eigenvalue weighted by atomic mass is 10.0. The molecule has 2 aromatic carbocycles. The number of benzene rings is 2. The minimum atomic E-state index is -4.64. The van der Waals surface area contributed by atoms with Crippen LogP contribution in [0.5, 0.6) is 0 Å². The third-order valence-corrected chi connectivity index (χ3v) is 5.64. The maximum Gasteiger partial charge on any atom is 0.469 e. The van der Waals surface area contributed by atoms with Gasteiger partial charge in [0.15, 0.2) is 6.04 Å². The first-order valence-electron chi connectivity index (χ1n) is 10.6. The van der Waals surface area contributed by atoms with E-state index in [-0.39, 0.29) is 12.2 Å². The predicted molar refractivity (Wildman–Crippen MR) is 130 cm³/mol. The number of carbonyl (C=O) groups is 4. The van der Waals surface area contributed by atoms with Crippen LogP contribution < -0.4 is 15.7 Å². The van der Waals surface area contributed by atoms with E-state index in [1.165, 1.54) is 43.7 Å². The van der Waals surface area contributed by atoms with Gasteiger partial charge in [0, 0.05) is 32.4 Å². The van der Waals surface area contributed by atoms with Crippen LogP contribution in [-0.4, -0.2) is 84.1 Å². The van der Waals surface area contributed by atoms with Crippen molar-refractivity contribution in [3.63, 3.8) is 0 Å². The van der Waals surface area contributed by atoms with Crippen LogP contribution in [0.15, 0.2) is 48.5 Å². The molecule has 0 aliphatic rings. The molecule has 0 aliphatic heterocycles. The number of ether oxygens (including phenoxy) is 1. The van der Waals surface area contributed by atoms with Gasteiger partial charge in [-0.2, -0.15) is 0 Å². The van der Waals surface area contributed by atoms with E-state index in [0.717, 1.165) is 16.0 Å². The predicted octanol–water partition coefficient (Wildman–Crippen LogP) is 0.728. The second kappa shape index (κ2) is 12.9. The van der Waals surface area contributed by atoms with Gasteiger partial charge >= 0.3 is 13.9 Å². The molecule has 2 rings (SSSR count). The fraction of sp³-hybridized carbons (Fsp3) is 0.273. The molecule has 0 spiro atoms. The summed E-state index contributed by atoms with van der Waals surface area (Å²) < 4.78 is 19.7. The van der Waals surface area contributed by atoms with Crippen molar-refractivity contribution in [1.29, 1.82) is 0 Å². The first kappa shape index (κ1) is 29.4. The van der Waals surface area contributed by atoms with Gasteiger partial charge < -0.3 is 24.7 Å². The Morgan fingerprint density at radius 1 is 0.919 bits per heavy atom.